The monoisotopic (exact) mass is 148 g/mol. The van der Waals surface area contributed by atoms with Crippen LogP contribution in [0.1, 0.15) is 6.92 Å². The fourth-order valence-corrected chi connectivity index (χ4v) is 0.845. The van der Waals surface area contributed by atoms with Gasteiger partial charge in [-0.05, 0) is 14.0 Å². The zero-order chi connectivity index (χ0) is 8.15. The lowest BCUT2D eigenvalue weighted by atomic mass is 10.3. The molecule has 0 spiro atoms. The van der Waals surface area contributed by atoms with E-state index in [1.807, 2.05) is 0 Å². The van der Waals surface area contributed by atoms with Gasteiger partial charge in [0.1, 0.15) is 6.23 Å². The molecule has 0 radical (unpaired) electrons. The lowest BCUT2D eigenvalue weighted by molar-refractivity contribution is 0.0938. The third-order valence-electron chi connectivity index (χ3n) is 1.07. The molecule has 62 valence electrons. The molecule has 4 nitrogen and oxygen atoms in total. The van der Waals surface area contributed by atoms with Gasteiger partial charge < -0.3 is 15.9 Å². The maximum absolute atomic E-state index is 8.87. The van der Waals surface area contributed by atoms with Gasteiger partial charge in [-0.15, -0.1) is 0 Å². The van der Waals surface area contributed by atoms with E-state index < -0.39 is 6.23 Å². The van der Waals surface area contributed by atoms with Crippen molar-refractivity contribution in [3.8, 4) is 0 Å². The molecule has 0 aromatic rings. The number of likely N-dealkylation sites (N-methyl/N-ethyl adjacent to an activating group) is 1. The van der Waals surface area contributed by atoms with Gasteiger partial charge in [-0.25, -0.2) is 0 Å². The van der Waals surface area contributed by atoms with Crippen molar-refractivity contribution in [3.63, 3.8) is 0 Å². The van der Waals surface area contributed by atoms with Crippen molar-refractivity contribution in [1.82, 2.24) is 4.90 Å². The number of nitrogens with zero attached hydrogens (tertiary/aromatic N) is 1. The van der Waals surface area contributed by atoms with Crippen LogP contribution in [0.4, 0.5) is 0 Å². The van der Waals surface area contributed by atoms with Crippen LogP contribution in [-0.4, -0.2) is 47.6 Å². The molecule has 0 bridgehead atoms. The average molecular weight is 148 g/mol. The first-order valence-corrected chi connectivity index (χ1v) is 3.32. The van der Waals surface area contributed by atoms with Crippen molar-refractivity contribution < 1.29 is 10.2 Å². The molecular weight excluding hydrogens is 132 g/mol. The lowest BCUT2D eigenvalue weighted by Crippen LogP contribution is -2.38. The molecule has 4 N–H and O–H groups in total. The highest BCUT2D eigenvalue weighted by atomic mass is 16.3. The average Bonchev–Trinajstić information content (AvgIpc) is 1.58. The van der Waals surface area contributed by atoms with E-state index in [-0.39, 0.29) is 6.10 Å². The van der Waals surface area contributed by atoms with E-state index in [1.54, 1.807) is 18.9 Å². The fourth-order valence-electron chi connectivity index (χ4n) is 0.845. The Morgan fingerprint density at radius 3 is 2.20 bits per heavy atom. The van der Waals surface area contributed by atoms with Gasteiger partial charge in [-0.2, -0.15) is 0 Å². The fraction of sp³-hybridized carbons (Fsp3) is 1.00. The highest BCUT2D eigenvalue weighted by molar-refractivity contribution is 4.57. The van der Waals surface area contributed by atoms with Crippen molar-refractivity contribution in [3.05, 3.63) is 0 Å². The Bertz CT molecular complexity index is 75.8. The zero-order valence-corrected chi connectivity index (χ0v) is 6.49. The maximum atomic E-state index is 8.87. The third kappa shape index (κ3) is 5.97. The summed E-state index contributed by atoms with van der Waals surface area (Å²) < 4.78 is 0. The van der Waals surface area contributed by atoms with Gasteiger partial charge in [0.25, 0.3) is 0 Å². The SMILES string of the molecule is CC(O)CN(C)CC(N)O. The van der Waals surface area contributed by atoms with E-state index in [0.29, 0.717) is 13.1 Å². The highest BCUT2D eigenvalue weighted by Gasteiger charge is 2.04. The Morgan fingerprint density at radius 2 is 1.90 bits per heavy atom. The van der Waals surface area contributed by atoms with Crippen LogP contribution in [0, 0.1) is 0 Å². The molecule has 10 heavy (non-hydrogen) atoms. The topological polar surface area (TPSA) is 69.7 Å². The Balaban J connectivity index is 3.34. The number of nitrogens with two attached hydrogens (primary N) is 1. The lowest BCUT2D eigenvalue weighted by Gasteiger charge is -2.19. The van der Waals surface area contributed by atoms with E-state index in [2.05, 4.69) is 0 Å². The molecule has 0 saturated heterocycles. The van der Waals surface area contributed by atoms with Crippen molar-refractivity contribution in [2.75, 3.05) is 20.1 Å². The summed E-state index contributed by atoms with van der Waals surface area (Å²) in [6.07, 6.45) is -1.19. The summed E-state index contributed by atoms with van der Waals surface area (Å²) in [6.45, 7) is 2.62. The maximum Gasteiger partial charge on any atom is 0.115 e. The van der Waals surface area contributed by atoms with Gasteiger partial charge in [-0.1, -0.05) is 0 Å². The summed E-state index contributed by atoms with van der Waals surface area (Å²) in [5.41, 5.74) is 5.10. The van der Waals surface area contributed by atoms with E-state index in [9.17, 15) is 0 Å². The molecule has 2 atom stereocenters. The standard InChI is InChI=1S/C6H16N2O2/c1-5(9)3-8(2)4-6(7)10/h5-6,9-10H,3-4,7H2,1-2H3. The van der Waals surface area contributed by atoms with Gasteiger partial charge in [-0.3, -0.25) is 4.90 Å². The zero-order valence-electron chi connectivity index (χ0n) is 6.49. The van der Waals surface area contributed by atoms with Crippen LogP contribution in [0.5, 0.6) is 0 Å². The summed E-state index contributed by atoms with van der Waals surface area (Å²) in [5, 5.41) is 17.6. The number of rotatable bonds is 4. The van der Waals surface area contributed by atoms with E-state index in [4.69, 9.17) is 15.9 Å². The second-order valence-corrected chi connectivity index (χ2v) is 2.64. The summed E-state index contributed by atoms with van der Waals surface area (Å²) in [4.78, 5) is 1.77. The minimum atomic E-state index is -0.816. The molecule has 0 heterocycles. The number of hydrogen-bond donors (Lipinski definition) is 3. The minimum Gasteiger partial charge on any atom is -0.392 e. The highest BCUT2D eigenvalue weighted by Crippen LogP contribution is 1.87. The summed E-state index contributed by atoms with van der Waals surface area (Å²) in [7, 11) is 1.79. The van der Waals surface area contributed by atoms with Gasteiger partial charge in [0.15, 0.2) is 0 Å². The number of hydrogen-bond acceptors (Lipinski definition) is 4. The largest absolute Gasteiger partial charge is 0.392 e. The van der Waals surface area contributed by atoms with Gasteiger partial charge in [0.2, 0.25) is 0 Å². The minimum absolute atomic E-state index is 0.372. The first-order valence-electron chi connectivity index (χ1n) is 3.32. The first-order chi connectivity index (χ1) is 4.52. The van der Waals surface area contributed by atoms with Crippen LogP contribution in [-0.2, 0) is 0 Å². The molecule has 4 heteroatoms. The molecule has 0 amide bonds. The molecule has 0 aliphatic carbocycles. The summed E-state index contributed by atoms with van der Waals surface area (Å²) in [5.74, 6) is 0. The van der Waals surface area contributed by atoms with Crippen LogP contribution in [0.2, 0.25) is 0 Å². The van der Waals surface area contributed by atoms with Crippen LogP contribution in [0.3, 0.4) is 0 Å². The molecule has 0 aromatic heterocycles. The normalized spacial score (nSPS) is 17.4. The van der Waals surface area contributed by atoms with Crippen LogP contribution in [0.25, 0.3) is 0 Å². The summed E-state index contributed by atoms with van der Waals surface area (Å²) >= 11 is 0. The van der Waals surface area contributed by atoms with Gasteiger partial charge in [0.05, 0.1) is 6.10 Å². The first kappa shape index (κ1) is 9.84. The van der Waals surface area contributed by atoms with Crippen molar-refractivity contribution >= 4 is 0 Å². The molecule has 0 rings (SSSR count). The van der Waals surface area contributed by atoms with E-state index in [1.165, 1.54) is 0 Å². The second-order valence-electron chi connectivity index (χ2n) is 2.64. The van der Waals surface area contributed by atoms with Gasteiger partial charge in [0, 0.05) is 13.1 Å². The number of aliphatic hydroxyl groups is 2. The van der Waals surface area contributed by atoms with E-state index >= 15 is 0 Å². The Labute approximate surface area is 61.3 Å². The van der Waals surface area contributed by atoms with Gasteiger partial charge >= 0.3 is 0 Å². The van der Waals surface area contributed by atoms with Crippen molar-refractivity contribution in [2.24, 2.45) is 5.73 Å². The van der Waals surface area contributed by atoms with Crippen LogP contribution in [0.15, 0.2) is 0 Å². The molecular formula is C6H16N2O2. The Kier molecular flexibility index (Phi) is 4.55. The number of aliphatic hydroxyl groups excluding tert-OH is 2. The molecule has 0 saturated carbocycles. The Morgan fingerprint density at radius 1 is 1.40 bits per heavy atom. The predicted octanol–water partition coefficient (Wildman–Crippen LogP) is -1.42. The molecule has 0 fully saturated rings. The van der Waals surface area contributed by atoms with Crippen LogP contribution < -0.4 is 5.73 Å². The predicted molar refractivity (Wildman–Crippen MR) is 39.4 cm³/mol. The Hall–Kier alpha value is -0.160. The second kappa shape index (κ2) is 4.62. The quantitative estimate of drug-likeness (QED) is 0.428. The van der Waals surface area contributed by atoms with Crippen molar-refractivity contribution in [2.45, 2.75) is 19.3 Å². The third-order valence-corrected chi connectivity index (χ3v) is 1.07. The molecule has 2 unspecified atom stereocenters. The molecule has 0 aromatic carbocycles. The summed E-state index contributed by atoms with van der Waals surface area (Å²) in [6, 6.07) is 0. The van der Waals surface area contributed by atoms with Crippen LogP contribution >= 0.6 is 0 Å². The smallest absolute Gasteiger partial charge is 0.115 e. The van der Waals surface area contributed by atoms with Crippen molar-refractivity contribution in [1.29, 1.82) is 0 Å². The molecule has 0 aliphatic rings. The molecule has 0 aliphatic heterocycles. The van der Waals surface area contributed by atoms with E-state index in [0.717, 1.165) is 0 Å².